The van der Waals surface area contributed by atoms with E-state index in [0.29, 0.717) is 0 Å². The number of hydrogen-bond acceptors (Lipinski definition) is 4. The number of H-pyrrole nitrogens is 1. The van der Waals surface area contributed by atoms with E-state index in [2.05, 4.69) is 40.3 Å². The maximum absolute atomic E-state index is 5.29. The molecule has 5 heteroatoms. The van der Waals surface area contributed by atoms with Crippen LogP contribution in [0.5, 0.6) is 5.75 Å². The molecule has 0 unspecified atom stereocenters. The lowest BCUT2D eigenvalue weighted by Crippen LogP contribution is -2.16. The molecule has 2 heterocycles. The minimum atomic E-state index is 0.854. The van der Waals surface area contributed by atoms with Gasteiger partial charge in [0.1, 0.15) is 11.6 Å². The first-order chi connectivity index (χ1) is 10.7. The van der Waals surface area contributed by atoms with Crippen molar-refractivity contribution >= 4 is 27.6 Å². The van der Waals surface area contributed by atoms with Crippen LogP contribution in [0.1, 0.15) is 6.42 Å². The van der Waals surface area contributed by atoms with Crippen molar-refractivity contribution in [3.8, 4) is 5.75 Å². The fourth-order valence-electron chi connectivity index (χ4n) is 2.69. The van der Waals surface area contributed by atoms with Crippen LogP contribution in [-0.4, -0.2) is 49.2 Å². The molecule has 3 rings (SSSR count). The van der Waals surface area contributed by atoms with Crippen molar-refractivity contribution in [2.75, 3.05) is 39.6 Å². The average Bonchev–Trinajstić information content (AvgIpc) is 2.89. The summed E-state index contributed by atoms with van der Waals surface area (Å²) in [5, 5.41) is 5.77. The Morgan fingerprint density at radius 1 is 1.23 bits per heavy atom. The van der Waals surface area contributed by atoms with Gasteiger partial charge in [-0.15, -0.1) is 0 Å². The smallest absolute Gasteiger partial charge is 0.136 e. The van der Waals surface area contributed by atoms with Crippen LogP contribution in [0.15, 0.2) is 30.5 Å². The molecule has 0 amide bonds. The minimum absolute atomic E-state index is 0.854. The van der Waals surface area contributed by atoms with Gasteiger partial charge in [0.25, 0.3) is 0 Å². The van der Waals surface area contributed by atoms with E-state index in [0.717, 1.165) is 47.5 Å². The average molecular weight is 298 g/mol. The molecule has 0 bridgehead atoms. The highest BCUT2D eigenvalue weighted by molar-refractivity contribution is 6.12. The summed E-state index contributed by atoms with van der Waals surface area (Å²) in [6.45, 7) is 1.97. The molecule has 1 aromatic carbocycles. The number of aromatic nitrogens is 2. The first-order valence-corrected chi connectivity index (χ1v) is 7.52. The van der Waals surface area contributed by atoms with Crippen molar-refractivity contribution < 1.29 is 4.74 Å². The van der Waals surface area contributed by atoms with Crippen LogP contribution in [0.2, 0.25) is 0 Å². The Hall–Kier alpha value is -2.27. The molecule has 0 saturated carbocycles. The quantitative estimate of drug-likeness (QED) is 0.687. The molecule has 0 atom stereocenters. The van der Waals surface area contributed by atoms with E-state index >= 15 is 0 Å². The number of anilines is 1. The maximum Gasteiger partial charge on any atom is 0.136 e. The number of pyridine rings is 1. The molecular weight excluding hydrogens is 276 g/mol. The molecule has 22 heavy (non-hydrogen) atoms. The normalized spacial score (nSPS) is 11.5. The zero-order valence-corrected chi connectivity index (χ0v) is 13.3. The lowest BCUT2D eigenvalue weighted by atomic mass is 10.1. The van der Waals surface area contributed by atoms with Crippen LogP contribution in [0.25, 0.3) is 21.8 Å². The van der Waals surface area contributed by atoms with Crippen LogP contribution in [-0.2, 0) is 0 Å². The van der Waals surface area contributed by atoms with Crippen molar-refractivity contribution in [1.29, 1.82) is 0 Å². The molecule has 0 aliphatic heterocycles. The van der Waals surface area contributed by atoms with Crippen LogP contribution < -0.4 is 10.1 Å². The number of nitrogens with zero attached hydrogens (tertiary/aromatic N) is 2. The lowest BCUT2D eigenvalue weighted by molar-refractivity contribution is 0.405. The van der Waals surface area contributed by atoms with E-state index in [1.165, 1.54) is 5.39 Å². The summed E-state index contributed by atoms with van der Waals surface area (Å²) in [6.07, 6.45) is 2.92. The number of benzene rings is 1. The molecule has 2 aromatic heterocycles. The first kappa shape index (κ1) is 14.7. The van der Waals surface area contributed by atoms with Crippen molar-refractivity contribution in [2.24, 2.45) is 0 Å². The summed E-state index contributed by atoms with van der Waals surface area (Å²) >= 11 is 0. The molecule has 116 valence electrons. The third-order valence-corrected chi connectivity index (χ3v) is 3.79. The van der Waals surface area contributed by atoms with E-state index in [-0.39, 0.29) is 0 Å². The topological polar surface area (TPSA) is 53.2 Å². The third-order valence-electron chi connectivity index (χ3n) is 3.79. The molecule has 0 fully saturated rings. The van der Waals surface area contributed by atoms with Crippen LogP contribution >= 0.6 is 0 Å². The summed E-state index contributed by atoms with van der Waals surface area (Å²) in [6, 6.07) is 8.09. The number of nitrogens with one attached hydrogen (secondary N) is 2. The summed E-state index contributed by atoms with van der Waals surface area (Å²) in [4.78, 5) is 10.1. The molecular formula is C17H22N4O. The Morgan fingerprint density at radius 3 is 2.86 bits per heavy atom. The highest BCUT2D eigenvalue weighted by atomic mass is 16.5. The third kappa shape index (κ3) is 2.85. The van der Waals surface area contributed by atoms with Gasteiger partial charge in [0.2, 0.25) is 0 Å². The van der Waals surface area contributed by atoms with Gasteiger partial charge in [0, 0.05) is 29.6 Å². The van der Waals surface area contributed by atoms with E-state index in [4.69, 9.17) is 4.74 Å². The van der Waals surface area contributed by atoms with Gasteiger partial charge in [-0.1, -0.05) is 0 Å². The van der Waals surface area contributed by atoms with Crippen molar-refractivity contribution in [2.45, 2.75) is 6.42 Å². The highest BCUT2D eigenvalue weighted by Crippen LogP contribution is 2.32. The van der Waals surface area contributed by atoms with Gasteiger partial charge in [-0.2, -0.15) is 0 Å². The second-order valence-corrected chi connectivity index (χ2v) is 5.70. The zero-order valence-electron chi connectivity index (χ0n) is 13.3. The molecule has 0 aliphatic carbocycles. The number of methoxy groups -OCH3 is 1. The Labute approximate surface area is 130 Å². The Morgan fingerprint density at radius 2 is 2.09 bits per heavy atom. The Bertz CT molecular complexity index is 779. The van der Waals surface area contributed by atoms with Crippen molar-refractivity contribution in [3.63, 3.8) is 0 Å². The van der Waals surface area contributed by atoms with E-state index < -0.39 is 0 Å². The van der Waals surface area contributed by atoms with E-state index in [1.807, 2.05) is 24.4 Å². The van der Waals surface area contributed by atoms with Gasteiger partial charge in [-0.3, -0.25) is 0 Å². The van der Waals surface area contributed by atoms with Gasteiger partial charge in [0.05, 0.1) is 18.1 Å². The molecule has 0 aliphatic rings. The predicted molar refractivity (Wildman–Crippen MR) is 91.8 cm³/mol. The van der Waals surface area contributed by atoms with Gasteiger partial charge in [-0.05, 0) is 45.3 Å². The summed E-state index contributed by atoms with van der Waals surface area (Å²) in [5.41, 5.74) is 2.16. The highest BCUT2D eigenvalue weighted by Gasteiger charge is 2.10. The fourth-order valence-corrected chi connectivity index (χ4v) is 2.69. The van der Waals surface area contributed by atoms with Gasteiger partial charge < -0.3 is 19.9 Å². The molecule has 3 aromatic rings. The number of aromatic amines is 1. The summed E-state index contributed by atoms with van der Waals surface area (Å²) in [7, 11) is 5.86. The minimum Gasteiger partial charge on any atom is -0.497 e. The number of fused-ring (bicyclic) bond motifs is 3. The van der Waals surface area contributed by atoms with Crippen molar-refractivity contribution in [1.82, 2.24) is 14.9 Å². The summed E-state index contributed by atoms with van der Waals surface area (Å²) < 4.78 is 5.29. The Kier molecular flexibility index (Phi) is 4.15. The van der Waals surface area contributed by atoms with Crippen LogP contribution in [0.3, 0.4) is 0 Å². The van der Waals surface area contributed by atoms with Gasteiger partial charge in [-0.25, -0.2) is 4.98 Å². The van der Waals surface area contributed by atoms with Crippen molar-refractivity contribution in [3.05, 3.63) is 30.5 Å². The number of ether oxygens (including phenoxy) is 1. The monoisotopic (exact) mass is 298 g/mol. The molecule has 5 nitrogen and oxygen atoms in total. The van der Waals surface area contributed by atoms with E-state index in [9.17, 15) is 0 Å². The molecule has 2 N–H and O–H groups in total. The second-order valence-electron chi connectivity index (χ2n) is 5.70. The van der Waals surface area contributed by atoms with Gasteiger partial charge in [0.15, 0.2) is 0 Å². The largest absolute Gasteiger partial charge is 0.497 e. The SMILES string of the molecule is COc1ccc2c(c1)[nH]c1ccnc(NCCCN(C)C)c12. The van der Waals surface area contributed by atoms with Crippen LogP contribution in [0, 0.1) is 0 Å². The number of hydrogen-bond donors (Lipinski definition) is 2. The molecule has 0 saturated heterocycles. The lowest BCUT2D eigenvalue weighted by Gasteiger charge is -2.10. The van der Waals surface area contributed by atoms with Crippen LogP contribution in [0.4, 0.5) is 5.82 Å². The van der Waals surface area contributed by atoms with Gasteiger partial charge >= 0.3 is 0 Å². The molecule has 0 spiro atoms. The maximum atomic E-state index is 5.29. The number of rotatable bonds is 6. The first-order valence-electron chi connectivity index (χ1n) is 7.52. The second kappa shape index (κ2) is 6.23. The van der Waals surface area contributed by atoms with E-state index in [1.54, 1.807) is 7.11 Å². The standard InChI is InChI=1S/C17H22N4O/c1-21(2)10-4-8-18-17-16-13-6-5-12(22-3)11-15(13)20-14(16)7-9-19-17/h5-7,9,11,20H,4,8,10H2,1-3H3,(H,18,19). The molecule has 0 radical (unpaired) electrons. The predicted octanol–water partition coefficient (Wildman–Crippen LogP) is 3.09. The zero-order chi connectivity index (χ0) is 15.5. The Balaban J connectivity index is 1.93. The summed E-state index contributed by atoms with van der Waals surface area (Å²) in [5.74, 6) is 1.79. The fraction of sp³-hybridized carbons (Fsp3) is 0.353.